The van der Waals surface area contributed by atoms with E-state index in [1.807, 2.05) is 43.5 Å². The molecule has 1 aromatic carbocycles. The average molecular weight is 288 g/mol. The molecular formula is C15H20N4O2. The molecule has 0 fully saturated rings. The second-order valence-electron chi connectivity index (χ2n) is 4.74. The molecule has 0 aliphatic heterocycles. The number of benzene rings is 1. The molecule has 21 heavy (non-hydrogen) atoms. The van der Waals surface area contributed by atoms with E-state index in [0.29, 0.717) is 13.0 Å². The Morgan fingerprint density at radius 3 is 2.95 bits per heavy atom. The second-order valence-corrected chi connectivity index (χ2v) is 4.74. The van der Waals surface area contributed by atoms with Crippen LogP contribution in [0.15, 0.2) is 42.7 Å². The normalized spacial score (nSPS) is 11.9. The maximum Gasteiger partial charge on any atom is 0.315 e. The maximum absolute atomic E-state index is 11.7. The number of rotatable bonds is 6. The molecule has 1 heterocycles. The molecule has 1 aromatic heterocycles. The molecule has 2 amide bonds. The van der Waals surface area contributed by atoms with Gasteiger partial charge in [-0.15, -0.1) is 0 Å². The van der Waals surface area contributed by atoms with Crippen LogP contribution < -0.4 is 10.6 Å². The van der Waals surface area contributed by atoms with Crippen molar-refractivity contribution >= 4 is 6.03 Å². The molecule has 2 aromatic rings. The summed E-state index contributed by atoms with van der Waals surface area (Å²) in [5, 5.41) is 18.7. The van der Waals surface area contributed by atoms with Gasteiger partial charge in [-0.05, 0) is 30.2 Å². The Kier molecular flexibility index (Phi) is 5.34. The summed E-state index contributed by atoms with van der Waals surface area (Å²) in [7, 11) is 0. The molecule has 0 saturated heterocycles. The highest BCUT2D eigenvalue weighted by Gasteiger charge is 2.08. The highest BCUT2D eigenvalue weighted by Crippen LogP contribution is 2.09. The van der Waals surface area contributed by atoms with Crippen LogP contribution in [0.2, 0.25) is 0 Å². The molecule has 0 radical (unpaired) electrons. The van der Waals surface area contributed by atoms with Gasteiger partial charge in [0, 0.05) is 18.9 Å². The van der Waals surface area contributed by atoms with Gasteiger partial charge in [0.25, 0.3) is 0 Å². The van der Waals surface area contributed by atoms with Crippen LogP contribution in [0, 0.1) is 0 Å². The van der Waals surface area contributed by atoms with Crippen LogP contribution in [0.25, 0.3) is 5.69 Å². The molecule has 0 bridgehead atoms. The third-order valence-electron chi connectivity index (χ3n) is 3.18. The van der Waals surface area contributed by atoms with Gasteiger partial charge in [0.05, 0.1) is 18.3 Å². The van der Waals surface area contributed by atoms with Gasteiger partial charge in [0.2, 0.25) is 0 Å². The highest BCUT2D eigenvalue weighted by molar-refractivity contribution is 5.74. The van der Waals surface area contributed by atoms with E-state index >= 15 is 0 Å². The number of urea groups is 1. The SMILES string of the molecule is CCC(CO)NC(=O)NCc1cccc(-n2cccn2)c1. The van der Waals surface area contributed by atoms with E-state index in [1.54, 1.807) is 10.9 Å². The number of amides is 2. The Labute approximate surface area is 123 Å². The summed E-state index contributed by atoms with van der Waals surface area (Å²) in [6.45, 7) is 2.27. The molecule has 2 rings (SSSR count). The van der Waals surface area contributed by atoms with Gasteiger partial charge in [-0.2, -0.15) is 5.10 Å². The quantitative estimate of drug-likeness (QED) is 0.752. The Balaban J connectivity index is 1.92. The minimum atomic E-state index is -0.277. The molecule has 3 N–H and O–H groups in total. The monoisotopic (exact) mass is 288 g/mol. The molecular weight excluding hydrogens is 268 g/mol. The first-order chi connectivity index (χ1) is 10.2. The summed E-state index contributed by atoms with van der Waals surface area (Å²) in [6, 6.07) is 9.16. The van der Waals surface area contributed by atoms with Gasteiger partial charge < -0.3 is 15.7 Å². The molecule has 0 saturated carbocycles. The van der Waals surface area contributed by atoms with Crippen LogP contribution in [0.4, 0.5) is 4.79 Å². The van der Waals surface area contributed by atoms with E-state index in [0.717, 1.165) is 11.3 Å². The lowest BCUT2D eigenvalue weighted by Gasteiger charge is -2.15. The average Bonchev–Trinajstić information content (AvgIpc) is 3.05. The van der Waals surface area contributed by atoms with E-state index in [-0.39, 0.29) is 18.7 Å². The van der Waals surface area contributed by atoms with Gasteiger partial charge >= 0.3 is 6.03 Å². The highest BCUT2D eigenvalue weighted by atomic mass is 16.3. The summed E-state index contributed by atoms with van der Waals surface area (Å²) in [6.07, 6.45) is 4.28. The van der Waals surface area contributed by atoms with Crippen molar-refractivity contribution in [1.29, 1.82) is 0 Å². The van der Waals surface area contributed by atoms with Gasteiger partial charge in [0.15, 0.2) is 0 Å². The van der Waals surface area contributed by atoms with Crippen molar-refractivity contribution in [2.24, 2.45) is 0 Å². The fourth-order valence-corrected chi connectivity index (χ4v) is 1.93. The Morgan fingerprint density at radius 2 is 2.29 bits per heavy atom. The lowest BCUT2D eigenvalue weighted by Crippen LogP contribution is -2.43. The number of carbonyl (C=O) groups is 1. The predicted octanol–water partition coefficient (Wildman–Crippen LogP) is 1.44. The maximum atomic E-state index is 11.7. The standard InChI is InChI=1S/C15H20N4O2/c1-2-13(11-20)18-15(21)16-10-12-5-3-6-14(9-12)19-8-4-7-17-19/h3-9,13,20H,2,10-11H2,1H3,(H2,16,18,21). The van der Waals surface area contributed by atoms with Gasteiger partial charge in [-0.3, -0.25) is 0 Å². The Bertz CT molecular complexity index is 565. The first kappa shape index (κ1) is 15.1. The van der Waals surface area contributed by atoms with Crippen LogP contribution >= 0.6 is 0 Å². The van der Waals surface area contributed by atoms with E-state index < -0.39 is 0 Å². The zero-order valence-electron chi connectivity index (χ0n) is 12.0. The smallest absolute Gasteiger partial charge is 0.315 e. The van der Waals surface area contributed by atoms with Crippen molar-refractivity contribution in [2.45, 2.75) is 25.9 Å². The molecule has 0 aliphatic rings. The van der Waals surface area contributed by atoms with Crippen molar-refractivity contribution in [2.75, 3.05) is 6.61 Å². The fraction of sp³-hybridized carbons (Fsp3) is 0.333. The van der Waals surface area contributed by atoms with E-state index in [4.69, 9.17) is 5.11 Å². The first-order valence-corrected chi connectivity index (χ1v) is 6.97. The molecule has 112 valence electrons. The van der Waals surface area contributed by atoms with E-state index in [9.17, 15) is 4.79 Å². The van der Waals surface area contributed by atoms with Gasteiger partial charge in [-0.1, -0.05) is 19.1 Å². The first-order valence-electron chi connectivity index (χ1n) is 6.97. The van der Waals surface area contributed by atoms with Crippen molar-refractivity contribution in [3.63, 3.8) is 0 Å². The molecule has 6 nitrogen and oxygen atoms in total. The third kappa shape index (κ3) is 4.32. The van der Waals surface area contributed by atoms with Crippen LogP contribution in [-0.2, 0) is 6.54 Å². The van der Waals surface area contributed by atoms with Crippen LogP contribution in [0.1, 0.15) is 18.9 Å². The summed E-state index contributed by atoms with van der Waals surface area (Å²) < 4.78 is 1.77. The zero-order valence-corrected chi connectivity index (χ0v) is 12.0. The summed E-state index contributed by atoms with van der Waals surface area (Å²) >= 11 is 0. The number of nitrogens with one attached hydrogen (secondary N) is 2. The van der Waals surface area contributed by atoms with Gasteiger partial charge in [0.1, 0.15) is 0 Å². The number of hydrogen-bond acceptors (Lipinski definition) is 3. The Hall–Kier alpha value is -2.34. The largest absolute Gasteiger partial charge is 0.394 e. The van der Waals surface area contributed by atoms with E-state index in [2.05, 4.69) is 15.7 Å². The van der Waals surface area contributed by atoms with Crippen LogP contribution in [-0.4, -0.2) is 33.6 Å². The van der Waals surface area contributed by atoms with Crippen LogP contribution in [0.3, 0.4) is 0 Å². The summed E-state index contributed by atoms with van der Waals surface area (Å²) in [5.41, 5.74) is 1.93. The van der Waals surface area contributed by atoms with E-state index in [1.165, 1.54) is 0 Å². The minimum Gasteiger partial charge on any atom is -0.394 e. The van der Waals surface area contributed by atoms with Crippen LogP contribution in [0.5, 0.6) is 0 Å². The number of nitrogens with zero attached hydrogens (tertiary/aromatic N) is 2. The van der Waals surface area contributed by atoms with Crippen molar-refractivity contribution in [3.8, 4) is 5.69 Å². The van der Waals surface area contributed by atoms with Gasteiger partial charge in [-0.25, -0.2) is 9.48 Å². The topological polar surface area (TPSA) is 79.2 Å². The lowest BCUT2D eigenvalue weighted by atomic mass is 10.2. The minimum absolute atomic E-state index is 0.0568. The summed E-state index contributed by atoms with van der Waals surface area (Å²) in [5.74, 6) is 0. The third-order valence-corrected chi connectivity index (χ3v) is 3.18. The molecule has 6 heteroatoms. The van der Waals surface area contributed by atoms with Crippen molar-refractivity contribution in [1.82, 2.24) is 20.4 Å². The lowest BCUT2D eigenvalue weighted by molar-refractivity contribution is 0.214. The number of aliphatic hydroxyl groups excluding tert-OH is 1. The van der Waals surface area contributed by atoms with Crippen molar-refractivity contribution in [3.05, 3.63) is 48.3 Å². The number of carbonyl (C=O) groups excluding carboxylic acids is 1. The second kappa shape index (κ2) is 7.44. The molecule has 0 aliphatic carbocycles. The predicted molar refractivity (Wildman–Crippen MR) is 80.1 cm³/mol. The zero-order chi connectivity index (χ0) is 15.1. The number of hydrogen-bond donors (Lipinski definition) is 3. The fourth-order valence-electron chi connectivity index (χ4n) is 1.93. The Morgan fingerprint density at radius 1 is 1.43 bits per heavy atom. The molecule has 1 atom stereocenters. The number of aromatic nitrogens is 2. The summed E-state index contributed by atoms with van der Waals surface area (Å²) in [4.78, 5) is 11.7. The number of aliphatic hydroxyl groups is 1. The molecule has 1 unspecified atom stereocenters. The van der Waals surface area contributed by atoms with Crippen molar-refractivity contribution < 1.29 is 9.90 Å². The molecule has 0 spiro atoms.